The van der Waals surface area contributed by atoms with Gasteiger partial charge in [-0.1, -0.05) is 12.8 Å². The molecule has 0 unspecified atom stereocenters. The van der Waals surface area contributed by atoms with E-state index in [4.69, 9.17) is 15.7 Å². The number of hydrogen-bond acceptors (Lipinski definition) is 7. The molecule has 0 aromatic heterocycles. The van der Waals surface area contributed by atoms with Gasteiger partial charge in [-0.2, -0.15) is 5.26 Å². The largest absolute Gasteiger partial charge is 0.457 e. The Labute approximate surface area is 145 Å². The highest BCUT2D eigenvalue weighted by atomic mass is 16.5. The van der Waals surface area contributed by atoms with Crippen molar-refractivity contribution in [3.8, 4) is 6.07 Å². The topological polar surface area (TPSA) is 131 Å². The maximum absolute atomic E-state index is 12.3. The smallest absolute Gasteiger partial charge is 0.308 e. The molecule has 2 atom stereocenters. The van der Waals surface area contributed by atoms with Crippen LogP contribution < -0.4 is 5.73 Å². The van der Waals surface area contributed by atoms with Crippen LogP contribution in [-0.2, 0) is 23.9 Å². The lowest BCUT2D eigenvalue weighted by Crippen LogP contribution is -2.33. The van der Waals surface area contributed by atoms with E-state index in [0.29, 0.717) is 12.8 Å². The summed E-state index contributed by atoms with van der Waals surface area (Å²) in [6.07, 6.45) is 3.12. The highest BCUT2D eigenvalue weighted by molar-refractivity contribution is 6.05. The molecule has 1 saturated heterocycles. The zero-order valence-electron chi connectivity index (χ0n) is 14.1. The Balaban J connectivity index is 1.83. The number of amides is 2. The van der Waals surface area contributed by atoms with Crippen LogP contribution in [0.3, 0.4) is 0 Å². The van der Waals surface area contributed by atoms with Gasteiger partial charge in [-0.15, -0.1) is 0 Å². The van der Waals surface area contributed by atoms with Gasteiger partial charge in [0.05, 0.1) is 18.3 Å². The van der Waals surface area contributed by atoms with Gasteiger partial charge in [0, 0.05) is 12.2 Å². The molecule has 1 heterocycles. The van der Waals surface area contributed by atoms with Crippen molar-refractivity contribution in [2.75, 3.05) is 13.2 Å². The number of hydrogen-bond donors (Lipinski definition) is 1. The van der Waals surface area contributed by atoms with Gasteiger partial charge in [0.1, 0.15) is 11.6 Å². The summed E-state index contributed by atoms with van der Waals surface area (Å²) in [5.74, 6) is -2.34. The number of nitriles is 1. The second kappa shape index (κ2) is 7.92. The number of carbonyl (C=O) groups excluding carboxylic acids is 4. The molecule has 0 bridgehead atoms. The molecular formula is C17H21N3O5. The molecule has 25 heavy (non-hydrogen) atoms. The monoisotopic (exact) mass is 347 g/mol. The molecule has 1 saturated carbocycles. The number of ether oxygens (including phenoxy) is 1. The molecular weight excluding hydrogens is 326 g/mol. The van der Waals surface area contributed by atoms with E-state index in [-0.39, 0.29) is 47.9 Å². The minimum atomic E-state index is -0.712. The Kier molecular flexibility index (Phi) is 5.91. The molecule has 0 spiro atoms. The summed E-state index contributed by atoms with van der Waals surface area (Å²) in [7, 11) is 0. The van der Waals surface area contributed by atoms with E-state index in [1.807, 2.05) is 0 Å². The molecule has 8 heteroatoms. The zero-order valence-corrected chi connectivity index (χ0v) is 14.1. The fourth-order valence-corrected chi connectivity index (χ4v) is 3.32. The third-order valence-electron chi connectivity index (χ3n) is 4.62. The minimum absolute atomic E-state index is 0.0471. The Hall–Kier alpha value is -2.69. The maximum Gasteiger partial charge on any atom is 0.308 e. The van der Waals surface area contributed by atoms with E-state index in [0.717, 1.165) is 17.7 Å². The number of allylic oxidation sites excluding steroid dienone is 1. The highest BCUT2D eigenvalue weighted by Gasteiger charge is 2.47. The van der Waals surface area contributed by atoms with E-state index in [2.05, 4.69) is 0 Å². The second-order valence-corrected chi connectivity index (χ2v) is 6.33. The number of nitrogens with zero attached hydrogens (tertiary/aromatic N) is 2. The Morgan fingerprint density at radius 3 is 2.28 bits per heavy atom. The fourth-order valence-electron chi connectivity index (χ4n) is 3.32. The van der Waals surface area contributed by atoms with Gasteiger partial charge in [0.15, 0.2) is 6.61 Å². The summed E-state index contributed by atoms with van der Waals surface area (Å²) in [4.78, 5) is 49.1. The van der Waals surface area contributed by atoms with Crippen molar-refractivity contribution in [3.05, 3.63) is 11.3 Å². The number of esters is 1. The fraction of sp³-hybridized carbons (Fsp3) is 0.588. The molecule has 0 aromatic rings. The SMILES string of the molecule is C/C(N)=C(\C#N)C(=O)COC(=O)CCN1C(=O)[C@H]2CCCC[C@H]2C1=O. The minimum Gasteiger partial charge on any atom is -0.457 e. The summed E-state index contributed by atoms with van der Waals surface area (Å²) in [5, 5.41) is 8.81. The van der Waals surface area contributed by atoms with Gasteiger partial charge in [0.2, 0.25) is 17.6 Å². The van der Waals surface area contributed by atoms with Crippen LogP contribution in [0.5, 0.6) is 0 Å². The molecule has 0 aromatic carbocycles. The van der Waals surface area contributed by atoms with Crippen molar-refractivity contribution in [2.45, 2.75) is 39.0 Å². The van der Waals surface area contributed by atoms with Crippen molar-refractivity contribution in [3.63, 3.8) is 0 Å². The van der Waals surface area contributed by atoms with E-state index in [9.17, 15) is 19.2 Å². The van der Waals surface area contributed by atoms with Crippen LogP contribution in [0.25, 0.3) is 0 Å². The summed E-state index contributed by atoms with van der Waals surface area (Å²) < 4.78 is 4.81. The Morgan fingerprint density at radius 2 is 1.80 bits per heavy atom. The van der Waals surface area contributed by atoms with Crippen molar-refractivity contribution in [1.29, 1.82) is 5.26 Å². The summed E-state index contributed by atoms with van der Waals surface area (Å²) >= 11 is 0. The molecule has 1 aliphatic heterocycles. The number of fused-ring (bicyclic) bond motifs is 1. The highest BCUT2D eigenvalue weighted by Crippen LogP contribution is 2.37. The Morgan fingerprint density at radius 1 is 1.24 bits per heavy atom. The van der Waals surface area contributed by atoms with Crippen LogP contribution in [-0.4, -0.2) is 41.6 Å². The van der Waals surface area contributed by atoms with Crippen molar-refractivity contribution in [1.82, 2.24) is 4.90 Å². The summed E-state index contributed by atoms with van der Waals surface area (Å²) in [6.45, 7) is 0.764. The van der Waals surface area contributed by atoms with Gasteiger partial charge < -0.3 is 10.5 Å². The van der Waals surface area contributed by atoms with Crippen LogP contribution in [0.15, 0.2) is 11.3 Å². The number of carbonyl (C=O) groups is 4. The van der Waals surface area contributed by atoms with Gasteiger partial charge >= 0.3 is 5.97 Å². The van der Waals surface area contributed by atoms with Gasteiger partial charge in [-0.3, -0.25) is 24.1 Å². The Bertz CT molecular complexity index is 648. The van der Waals surface area contributed by atoms with Crippen LogP contribution in [0, 0.1) is 23.2 Å². The summed E-state index contributed by atoms with van der Waals surface area (Å²) in [5.41, 5.74) is 5.20. The van der Waals surface area contributed by atoms with E-state index in [1.54, 1.807) is 6.07 Å². The first kappa shape index (κ1) is 18.6. The first-order valence-electron chi connectivity index (χ1n) is 8.27. The van der Waals surface area contributed by atoms with Gasteiger partial charge in [-0.25, -0.2) is 0 Å². The van der Waals surface area contributed by atoms with Crippen LogP contribution in [0.2, 0.25) is 0 Å². The lowest BCUT2D eigenvalue weighted by atomic mass is 9.81. The number of rotatable bonds is 6. The van der Waals surface area contributed by atoms with Crippen molar-refractivity contribution < 1.29 is 23.9 Å². The number of likely N-dealkylation sites (tertiary alicyclic amines) is 1. The van der Waals surface area contributed by atoms with Gasteiger partial charge in [-0.05, 0) is 19.8 Å². The number of Topliss-reactive ketones (excluding diaryl/α,β-unsaturated/α-hetero) is 1. The first-order chi connectivity index (χ1) is 11.9. The molecule has 2 N–H and O–H groups in total. The average Bonchev–Trinajstić information content (AvgIpc) is 2.83. The van der Waals surface area contributed by atoms with Crippen LogP contribution in [0.4, 0.5) is 0 Å². The normalized spacial score (nSPS) is 23.6. The van der Waals surface area contributed by atoms with E-state index >= 15 is 0 Å². The maximum atomic E-state index is 12.3. The number of imide groups is 1. The molecule has 8 nitrogen and oxygen atoms in total. The van der Waals surface area contributed by atoms with Crippen molar-refractivity contribution in [2.24, 2.45) is 17.6 Å². The predicted molar refractivity (Wildman–Crippen MR) is 85.3 cm³/mol. The molecule has 2 fully saturated rings. The predicted octanol–water partition coefficient (Wildman–Crippen LogP) is 0.420. The lowest BCUT2D eigenvalue weighted by Gasteiger charge is -2.19. The molecule has 2 amide bonds. The standard InChI is InChI=1S/C17H21N3O5/c1-10(19)13(8-18)14(21)9-25-15(22)6-7-20-16(23)11-4-2-3-5-12(11)17(20)24/h11-12H,2-7,9,19H2,1H3/b13-10-/t11-,12+. The second-order valence-electron chi connectivity index (χ2n) is 6.33. The van der Waals surface area contributed by atoms with E-state index < -0.39 is 18.4 Å². The third kappa shape index (κ3) is 4.05. The number of nitrogens with two attached hydrogens (primary N) is 1. The van der Waals surface area contributed by atoms with Crippen molar-refractivity contribution >= 4 is 23.6 Å². The molecule has 2 rings (SSSR count). The number of ketones is 1. The molecule has 2 aliphatic rings. The van der Waals surface area contributed by atoms with Gasteiger partial charge in [0.25, 0.3) is 0 Å². The molecule has 1 aliphatic carbocycles. The van der Waals surface area contributed by atoms with Crippen LogP contribution >= 0.6 is 0 Å². The quantitative estimate of drug-likeness (QED) is 0.319. The first-order valence-corrected chi connectivity index (χ1v) is 8.27. The van der Waals surface area contributed by atoms with Crippen LogP contribution in [0.1, 0.15) is 39.0 Å². The zero-order chi connectivity index (χ0) is 18.6. The summed E-state index contributed by atoms with van der Waals surface area (Å²) in [6, 6.07) is 1.66. The third-order valence-corrected chi connectivity index (χ3v) is 4.62. The molecule has 134 valence electrons. The average molecular weight is 347 g/mol. The lowest BCUT2D eigenvalue weighted by molar-refractivity contribution is -0.148. The van der Waals surface area contributed by atoms with E-state index in [1.165, 1.54) is 6.92 Å². The molecule has 0 radical (unpaired) electrons.